The van der Waals surface area contributed by atoms with Gasteiger partial charge in [0, 0.05) is 0 Å². The number of rotatable bonds is 2. The molecule has 0 aliphatic carbocycles. The first-order chi connectivity index (χ1) is 19.6. The maximum atomic E-state index is 13.4. The first-order valence-electron chi connectivity index (χ1n) is 10.7. The zero-order valence-corrected chi connectivity index (χ0v) is 24.3. The first-order valence-corrected chi connectivity index (χ1v) is 14.3. The average Bonchev–Trinajstić information content (AvgIpc) is 3.38. The number of nitriles is 2. The van der Waals surface area contributed by atoms with Crippen LogP contribution in [0.25, 0.3) is 32.1 Å². The number of benzene rings is 2. The lowest BCUT2D eigenvalue weighted by Crippen LogP contribution is -2.17. The number of hydrogen-bond donors (Lipinski definition) is 1. The third-order valence-electron chi connectivity index (χ3n) is 5.63. The highest BCUT2D eigenvalue weighted by Crippen LogP contribution is 2.42. The van der Waals surface area contributed by atoms with Crippen LogP contribution in [-0.2, 0) is 12.4 Å². The summed E-state index contributed by atoms with van der Waals surface area (Å²) in [5.74, 6) is 6.50. The largest absolute Gasteiger partial charge is 0.416 e. The van der Waals surface area contributed by atoms with Crippen molar-refractivity contribution in [1.82, 2.24) is 24.2 Å². The Kier molecular flexibility index (Phi) is 7.46. The van der Waals surface area contributed by atoms with Gasteiger partial charge in [-0.05, 0) is 24.3 Å². The smallest absolute Gasteiger partial charge is 0.336 e. The normalized spacial score (nSPS) is 12.1. The van der Waals surface area contributed by atoms with Crippen molar-refractivity contribution in [1.29, 1.82) is 10.5 Å². The highest BCUT2D eigenvalue weighted by molar-refractivity contribution is 7.73. The molecule has 3 heterocycles. The van der Waals surface area contributed by atoms with Gasteiger partial charge in [0.25, 0.3) is 0 Å². The second kappa shape index (κ2) is 10.4. The second-order valence-corrected chi connectivity index (χ2v) is 11.9. The average molecular weight is 702 g/mol. The summed E-state index contributed by atoms with van der Waals surface area (Å²) in [5.41, 5.74) is -3.64. The SMILES string of the molecule is N#Cc1nn(-c2c(Cl)cc(C(F)(F)F)cc2Cl)c2c1ssc1c(C#N)nn(-c3c(Cl)cc(C(F)(F)F)cc3Cl)c1n2N. The lowest BCUT2D eigenvalue weighted by Gasteiger charge is -2.15. The van der Waals surface area contributed by atoms with Crippen LogP contribution in [0.4, 0.5) is 26.3 Å². The molecule has 0 radical (unpaired) electrons. The van der Waals surface area contributed by atoms with Crippen molar-refractivity contribution in [2.45, 2.75) is 12.4 Å². The lowest BCUT2D eigenvalue weighted by molar-refractivity contribution is -0.138. The highest BCUT2D eigenvalue weighted by Gasteiger charge is 2.34. The van der Waals surface area contributed by atoms with E-state index in [1.165, 1.54) is 0 Å². The summed E-state index contributed by atoms with van der Waals surface area (Å²) in [6.45, 7) is 0. The molecule has 0 atom stereocenters. The Morgan fingerprint density at radius 1 is 0.667 bits per heavy atom. The molecular formula is C22H6Cl4F6N8S2. The molecular weight excluding hydrogens is 696 g/mol. The van der Waals surface area contributed by atoms with Gasteiger partial charge in [-0.3, -0.25) is 0 Å². The molecule has 20 heteroatoms. The minimum absolute atomic E-state index is 0.0910. The number of hydrogen-bond acceptors (Lipinski definition) is 7. The quantitative estimate of drug-likeness (QED) is 0.113. The number of fused-ring (bicyclic) bond motifs is 2. The van der Waals surface area contributed by atoms with Crippen molar-refractivity contribution in [2.75, 3.05) is 5.84 Å². The van der Waals surface area contributed by atoms with E-state index in [1.807, 2.05) is 12.1 Å². The van der Waals surface area contributed by atoms with Gasteiger partial charge in [0.15, 0.2) is 22.7 Å². The Morgan fingerprint density at radius 3 is 1.24 bits per heavy atom. The number of nitrogens with zero attached hydrogens (tertiary/aromatic N) is 7. The van der Waals surface area contributed by atoms with Crippen LogP contribution < -0.4 is 5.84 Å². The van der Waals surface area contributed by atoms with Crippen molar-refractivity contribution in [3.05, 3.63) is 66.9 Å². The summed E-state index contributed by atoms with van der Waals surface area (Å²) in [4.78, 5) is 0. The molecule has 3 aromatic heterocycles. The monoisotopic (exact) mass is 700 g/mol. The van der Waals surface area contributed by atoms with Crippen molar-refractivity contribution >= 4 is 87.8 Å². The van der Waals surface area contributed by atoms with Gasteiger partial charge in [-0.1, -0.05) is 67.1 Å². The fourth-order valence-corrected chi connectivity index (χ4v) is 7.60. The van der Waals surface area contributed by atoms with E-state index in [2.05, 4.69) is 10.2 Å². The third-order valence-corrected chi connectivity index (χ3v) is 9.20. The van der Waals surface area contributed by atoms with E-state index in [9.17, 15) is 36.9 Å². The third kappa shape index (κ3) is 4.88. The summed E-state index contributed by atoms with van der Waals surface area (Å²) in [7, 11) is 1.80. The molecule has 0 amide bonds. The maximum absolute atomic E-state index is 13.4. The van der Waals surface area contributed by atoms with Gasteiger partial charge in [-0.25, -0.2) is 14.0 Å². The molecule has 2 aromatic carbocycles. The first kappa shape index (κ1) is 30.1. The van der Waals surface area contributed by atoms with Crippen molar-refractivity contribution < 1.29 is 26.3 Å². The number of nitrogens with two attached hydrogens (primary N) is 1. The highest BCUT2D eigenvalue weighted by atomic mass is 35.5. The second-order valence-electron chi connectivity index (χ2n) is 8.16. The van der Waals surface area contributed by atoms with Crippen molar-refractivity contribution in [2.24, 2.45) is 0 Å². The summed E-state index contributed by atoms with van der Waals surface area (Å²) < 4.78 is 83.0. The van der Waals surface area contributed by atoms with Crippen LogP contribution in [0, 0.1) is 22.7 Å². The number of aromatic nitrogens is 5. The molecule has 8 nitrogen and oxygen atoms in total. The Labute approximate surface area is 256 Å². The van der Waals surface area contributed by atoms with E-state index in [-0.39, 0.29) is 43.5 Å². The standard InChI is InChI=1S/C22H6Cl4F6N8S2/c23-9-1-7(21(27,28)29)2-10(24)15(9)39-19-17(13(5-33)36-39)41-42-18-14(6-34)37-40(20(18)38(19)35)16-11(25)3-8(4-12(16)26)22(30,31)32/h1-4H,35H2. The van der Waals surface area contributed by atoms with Gasteiger partial charge >= 0.3 is 12.4 Å². The number of alkyl halides is 6. The van der Waals surface area contributed by atoms with Crippen LogP contribution in [0.1, 0.15) is 22.5 Å². The molecule has 5 rings (SSSR count). The molecule has 0 fully saturated rings. The van der Waals surface area contributed by atoms with E-state index in [0.717, 1.165) is 34.7 Å². The Balaban J connectivity index is 1.94. The molecule has 0 aliphatic rings. The van der Waals surface area contributed by atoms with Crippen molar-refractivity contribution in [3.8, 4) is 23.5 Å². The van der Waals surface area contributed by atoms with E-state index in [1.54, 1.807) is 0 Å². The Morgan fingerprint density at radius 2 is 0.976 bits per heavy atom. The lowest BCUT2D eigenvalue weighted by atomic mass is 10.2. The topological polar surface area (TPSA) is 114 Å². The predicted molar refractivity (Wildman–Crippen MR) is 147 cm³/mol. The van der Waals surface area contributed by atoms with Crippen LogP contribution >= 0.6 is 67.1 Å². The number of nitrogen functional groups attached to an aromatic ring is 1. The molecule has 42 heavy (non-hydrogen) atoms. The fraction of sp³-hybridized carbons (Fsp3) is 0.0909. The van der Waals surface area contributed by atoms with E-state index < -0.39 is 43.6 Å². The molecule has 0 aliphatic heterocycles. The van der Waals surface area contributed by atoms with Gasteiger partial charge in [0.05, 0.1) is 31.2 Å². The molecule has 2 N–H and O–H groups in total. The van der Waals surface area contributed by atoms with Crippen LogP contribution in [0.15, 0.2) is 24.3 Å². The number of halogens is 10. The summed E-state index contributed by atoms with van der Waals surface area (Å²) >= 11 is 24.9. The van der Waals surface area contributed by atoms with E-state index in [4.69, 9.17) is 52.2 Å². The summed E-state index contributed by atoms with van der Waals surface area (Å²) in [6.07, 6.45) is -9.57. The molecule has 0 bridgehead atoms. The van der Waals surface area contributed by atoms with Gasteiger partial charge in [0.2, 0.25) is 0 Å². The van der Waals surface area contributed by atoms with Crippen molar-refractivity contribution in [3.63, 3.8) is 0 Å². The summed E-state index contributed by atoms with van der Waals surface area (Å²) in [6, 6.07) is 6.12. The molecule has 0 saturated heterocycles. The Bertz CT molecular complexity index is 1880. The molecule has 216 valence electrons. The molecule has 0 saturated carbocycles. The van der Waals surface area contributed by atoms with Gasteiger partial charge in [-0.15, -0.1) is 0 Å². The van der Waals surface area contributed by atoms with Crippen LogP contribution in [0.2, 0.25) is 20.1 Å². The summed E-state index contributed by atoms with van der Waals surface area (Å²) in [5, 5.41) is 25.8. The van der Waals surface area contributed by atoms with Gasteiger partial charge in [-0.2, -0.15) is 47.1 Å². The minimum atomic E-state index is -4.79. The van der Waals surface area contributed by atoms with E-state index >= 15 is 0 Å². The minimum Gasteiger partial charge on any atom is -0.336 e. The van der Waals surface area contributed by atoms with Gasteiger partial charge in [0.1, 0.15) is 32.9 Å². The molecule has 0 spiro atoms. The van der Waals surface area contributed by atoms with Gasteiger partial charge < -0.3 is 5.84 Å². The van der Waals surface area contributed by atoms with Crippen LogP contribution in [0.3, 0.4) is 0 Å². The van der Waals surface area contributed by atoms with Crippen LogP contribution in [0.5, 0.6) is 0 Å². The maximum Gasteiger partial charge on any atom is 0.416 e. The zero-order chi connectivity index (χ0) is 30.9. The Hall–Kier alpha value is -3.38. The predicted octanol–water partition coefficient (Wildman–Crippen LogP) is 8.52. The molecule has 5 aromatic rings. The van der Waals surface area contributed by atoms with Crippen LogP contribution in [-0.4, -0.2) is 24.2 Å². The fourth-order valence-electron chi connectivity index (χ4n) is 3.87. The van der Waals surface area contributed by atoms with E-state index in [0.29, 0.717) is 24.3 Å². The molecule has 0 unspecified atom stereocenters. The zero-order valence-electron chi connectivity index (χ0n) is 19.6.